The molecular weight excluding hydrogens is 328 g/mol. The van der Waals surface area contributed by atoms with E-state index in [0.717, 1.165) is 0 Å². The van der Waals surface area contributed by atoms with Gasteiger partial charge < -0.3 is 16.6 Å². The van der Waals surface area contributed by atoms with Crippen molar-refractivity contribution in [2.75, 3.05) is 5.75 Å². The van der Waals surface area contributed by atoms with E-state index in [4.69, 9.17) is 21.1 Å². The maximum Gasteiger partial charge on any atom is 0.306 e. The van der Waals surface area contributed by atoms with Crippen LogP contribution in [0.2, 0.25) is 0 Å². The quantitative estimate of drug-likeness (QED) is 0.361. The van der Waals surface area contributed by atoms with Gasteiger partial charge in [0.25, 0.3) is 10.1 Å². The molecule has 0 bridgehead atoms. The number of carbonyl (C=O) groups excluding carboxylic acids is 2. The number of carbonyl (C=O) groups is 3. The second-order valence-electron chi connectivity index (χ2n) is 5.77. The Bertz CT molecular complexity index is 561. The third-order valence-electron chi connectivity index (χ3n) is 3.82. The van der Waals surface area contributed by atoms with Crippen LogP contribution in [0.4, 0.5) is 0 Å². The zero-order valence-corrected chi connectivity index (χ0v) is 14.0. The van der Waals surface area contributed by atoms with Crippen molar-refractivity contribution in [2.45, 2.75) is 45.1 Å². The lowest BCUT2D eigenvalue weighted by Gasteiger charge is -2.25. The Morgan fingerprint density at radius 1 is 1.26 bits per heavy atom. The number of hydrogen-bond donors (Lipinski definition) is 4. The molecule has 6 N–H and O–H groups in total. The molecule has 0 fully saturated rings. The van der Waals surface area contributed by atoms with Crippen LogP contribution in [0.1, 0.15) is 39.5 Å². The van der Waals surface area contributed by atoms with E-state index in [1.165, 1.54) is 13.8 Å². The van der Waals surface area contributed by atoms with E-state index in [9.17, 15) is 22.8 Å². The zero-order chi connectivity index (χ0) is 18.4. The molecule has 0 aliphatic rings. The summed E-state index contributed by atoms with van der Waals surface area (Å²) in [7, 11) is -4.45. The highest BCUT2D eigenvalue weighted by Crippen LogP contribution is 2.21. The van der Waals surface area contributed by atoms with Gasteiger partial charge >= 0.3 is 5.97 Å². The lowest BCUT2D eigenvalue weighted by Crippen LogP contribution is -2.52. The van der Waals surface area contributed by atoms with E-state index in [-0.39, 0.29) is 25.7 Å². The van der Waals surface area contributed by atoms with Crippen molar-refractivity contribution in [1.82, 2.24) is 0 Å². The first-order valence-corrected chi connectivity index (χ1v) is 8.72. The number of nitrogens with two attached hydrogens (primary N) is 2. The minimum absolute atomic E-state index is 0.0267. The van der Waals surface area contributed by atoms with Gasteiger partial charge in [0.15, 0.2) is 5.78 Å². The summed E-state index contributed by atoms with van der Waals surface area (Å²) >= 11 is 0. The smallest absolute Gasteiger partial charge is 0.306 e. The Morgan fingerprint density at radius 2 is 1.78 bits per heavy atom. The first kappa shape index (κ1) is 21.5. The lowest BCUT2D eigenvalue weighted by atomic mass is 9.86. The van der Waals surface area contributed by atoms with E-state index in [1.54, 1.807) is 0 Å². The normalized spacial score (nSPS) is 17.0. The van der Waals surface area contributed by atoms with Gasteiger partial charge in [-0.15, -0.1) is 0 Å². The summed E-state index contributed by atoms with van der Waals surface area (Å²) in [6, 6.07) is 0. The van der Waals surface area contributed by atoms with Crippen LogP contribution in [-0.2, 0) is 24.5 Å². The summed E-state index contributed by atoms with van der Waals surface area (Å²) in [6.07, 6.45) is -0.431. The van der Waals surface area contributed by atoms with Gasteiger partial charge in [-0.3, -0.25) is 18.9 Å². The van der Waals surface area contributed by atoms with Crippen molar-refractivity contribution in [3.8, 4) is 0 Å². The molecule has 0 aromatic rings. The van der Waals surface area contributed by atoms with Gasteiger partial charge in [-0.1, -0.05) is 13.8 Å². The minimum atomic E-state index is -4.45. The van der Waals surface area contributed by atoms with Crippen LogP contribution < -0.4 is 11.5 Å². The molecule has 0 radical (unpaired) electrons. The van der Waals surface area contributed by atoms with Gasteiger partial charge in [-0.05, 0) is 19.3 Å². The fourth-order valence-corrected chi connectivity index (χ4v) is 3.16. The monoisotopic (exact) mass is 352 g/mol. The summed E-state index contributed by atoms with van der Waals surface area (Å²) in [6.45, 7) is 2.98. The highest BCUT2D eigenvalue weighted by Gasteiger charge is 2.37. The maximum absolute atomic E-state index is 12.1. The predicted octanol–water partition coefficient (Wildman–Crippen LogP) is -0.457. The van der Waals surface area contributed by atoms with Gasteiger partial charge in [0.05, 0.1) is 11.5 Å². The minimum Gasteiger partial charge on any atom is -0.481 e. The summed E-state index contributed by atoms with van der Waals surface area (Å²) in [5.74, 6) is -5.05. The number of rotatable bonds is 11. The Balaban J connectivity index is 4.92. The summed E-state index contributed by atoms with van der Waals surface area (Å²) in [5.41, 5.74) is 9.04. The molecule has 0 saturated heterocycles. The molecule has 9 nitrogen and oxygen atoms in total. The van der Waals surface area contributed by atoms with E-state index in [2.05, 4.69) is 0 Å². The van der Waals surface area contributed by atoms with Gasteiger partial charge in [-0.25, -0.2) is 0 Å². The molecule has 0 aromatic carbocycles. The van der Waals surface area contributed by atoms with Crippen molar-refractivity contribution in [2.24, 2.45) is 23.3 Å². The standard InChI is InChI=1S/C13H24N2O7S/c1-3-13(15,7-23(20,21)22)10(16)5-4-9(12(18)19)6-8(2)11(14)17/h8-9H,3-7,15H2,1-2H3,(H2,14,17)(H,18,19)(H,20,21,22). The van der Waals surface area contributed by atoms with E-state index in [0.29, 0.717) is 0 Å². The Kier molecular flexibility index (Phi) is 7.81. The van der Waals surface area contributed by atoms with Gasteiger partial charge in [0.1, 0.15) is 5.75 Å². The third-order valence-corrected chi connectivity index (χ3v) is 4.70. The van der Waals surface area contributed by atoms with Crippen LogP contribution in [0.3, 0.4) is 0 Å². The Labute approximate surface area is 135 Å². The molecule has 0 aliphatic carbocycles. The molecule has 1 amide bonds. The topological polar surface area (TPSA) is 178 Å². The molecular formula is C13H24N2O7S. The average Bonchev–Trinajstić information content (AvgIpc) is 2.40. The van der Waals surface area contributed by atoms with Crippen LogP contribution in [0.15, 0.2) is 0 Å². The van der Waals surface area contributed by atoms with Crippen LogP contribution in [0.25, 0.3) is 0 Å². The van der Waals surface area contributed by atoms with E-state index >= 15 is 0 Å². The van der Waals surface area contributed by atoms with Crippen molar-refractivity contribution >= 4 is 27.8 Å². The molecule has 3 atom stereocenters. The number of amides is 1. The largest absolute Gasteiger partial charge is 0.481 e. The fourth-order valence-electron chi connectivity index (χ4n) is 2.14. The summed E-state index contributed by atoms with van der Waals surface area (Å²) in [5, 5.41) is 9.13. The lowest BCUT2D eigenvalue weighted by molar-refractivity contribution is -0.143. The second-order valence-corrected chi connectivity index (χ2v) is 7.22. The molecule has 0 aliphatic heterocycles. The number of carboxylic acid groups (broad SMARTS) is 1. The molecule has 0 saturated carbocycles. The number of hydrogen-bond acceptors (Lipinski definition) is 6. The number of aliphatic carboxylic acids is 1. The number of carboxylic acids is 1. The Hall–Kier alpha value is -1.52. The first-order valence-electron chi connectivity index (χ1n) is 7.12. The second kappa shape index (κ2) is 8.37. The highest BCUT2D eigenvalue weighted by atomic mass is 32.2. The van der Waals surface area contributed by atoms with Crippen LogP contribution in [-0.4, -0.2) is 47.0 Å². The van der Waals surface area contributed by atoms with Crippen LogP contribution >= 0.6 is 0 Å². The van der Waals surface area contributed by atoms with Crippen molar-refractivity contribution in [3.63, 3.8) is 0 Å². The van der Waals surface area contributed by atoms with Crippen molar-refractivity contribution < 1.29 is 32.5 Å². The molecule has 23 heavy (non-hydrogen) atoms. The number of Topliss-reactive ketones (excluding diaryl/α,β-unsaturated/α-hetero) is 1. The molecule has 134 valence electrons. The zero-order valence-electron chi connectivity index (χ0n) is 13.2. The van der Waals surface area contributed by atoms with E-state index < -0.39 is 50.9 Å². The summed E-state index contributed by atoms with van der Waals surface area (Å²) < 4.78 is 30.8. The molecule has 0 spiro atoms. The SMILES string of the molecule is CCC(N)(CS(=O)(=O)O)C(=O)CCC(CC(C)C(N)=O)C(=O)O. The summed E-state index contributed by atoms with van der Waals surface area (Å²) in [4.78, 5) is 34.3. The molecule has 0 rings (SSSR count). The first-order chi connectivity index (χ1) is 10.3. The predicted molar refractivity (Wildman–Crippen MR) is 82.0 cm³/mol. The Morgan fingerprint density at radius 3 is 2.13 bits per heavy atom. The third kappa shape index (κ3) is 7.53. The molecule has 3 unspecified atom stereocenters. The fraction of sp³-hybridized carbons (Fsp3) is 0.769. The van der Waals surface area contributed by atoms with Crippen LogP contribution in [0.5, 0.6) is 0 Å². The van der Waals surface area contributed by atoms with Crippen molar-refractivity contribution in [1.29, 1.82) is 0 Å². The average molecular weight is 352 g/mol. The van der Waals surface area contributed by atoms with Gasteiger partial charge in [0, 0.05) is 12.3 Å². The van der Waals surface area contributed by atoms with Crippen LogP contribution in [0, 0.1) is 11.8 Å². The van der Waals surface area contributed by atoms with E-state index in [1.807, 2.05) is 0 Å². The highest BCUT2D eigenvalue weighted by molar-refractivity contribution is 7.85. The van der Waals surface area contributed by atoms with Gasteiger partial charge in [-0.2, -0.15) is 8.42 Å². The maximum atomic E-state index is 12.1. The molecule has 10 heteroatoms. The molecule has 0 heterocycles. The number of primary amides is 1. The van der Waals surface area contributed by atoms with Gasteiger partial charge in [0.2, 0.25) is 5.91 Å². The number of ketones is 1. The molecule has 0 aromatic heterocycles. The van der Waals surface area contributed by atoms with Crippen molar-refractivity contribution in [3.05, 3.63) is 0 Å².